The first kappa shape index (κ1) is 13.6. The Morgan fingerprint density at radius 3 is 2.65 bits per heavy atom. The van der Waals surface area contributed by atoms with Crippen molar-refractivity contribution in [2.45, 2.75) is 42.7 Å². The molecule has 1 heterocycles. The fourth-order valence-electron chi connectivity index (χ4n) is 2.97. The van der Waals surface area contributed by atoms with Crippen LogP contribution in [0.4, 0.5) is 0 Å². The Balaban J connectivity index is 1.89. The van der Waals surface area contributed by atoms with Crippen LogP contribution in [0.3, 0.4) is 0 Å². The van der Waals surface area contributed by atoms with Gasteiger partial charge in [-0.2, -0.15) is 0 Å². The molecule has 3 unspecified atom stereocenters. The van der Waals surface area contributed by atoms with Crippen LogP contribution in [0.1, 0.15) is 42.3 Å². The van der Waals surface area contributed by atoms with E-state index in [0.717, 1.165) is 6.42 Å². The highest BCUT2D eigenvalue weighted by molar-refractivity contribution is 7.99. The summed E-state index contributed by atoms with van der Waals surface area (Å²) in [5.41, 5.74) is 2.84. The van der Waals surface area contributed by atoms with E-state index in [-0.39, 0.29) is 0 Å². The lowest BCUT2D eigenvalue weighted by Crippen LogP contribution is -2.33. The summed E-state index contributed by atoms with van der Waals surface area (Å²) in [4.78, 5) is 0. The number of hydrogen-bond acceptors (Lipinski definition) is 5. The molecular formula is C15H19N3OS. The van der Waals surface area contributed by atoms with E-state index in [2.05, 4.69) is 46.7 Å². The highest BCUT2D eigenvalue weighted by atomic mass is 32.2. The second-order valence-corrected chi connectivity index (χ2v) is 6.47. The molecular weight excluding hydrogens is 270 g/mol. The van der Waals surface area contributed by atoms with Gasteiger partial charge in [-0.1, -0.05) is 43.0 Å². The molecule has 0 bridgehead atoms. The summed E-state index contributed by atoms with van der Waals surface area (Å²) in [5, 5.41) is 12.5. The van der Waals surface area contributed by atoms with E-state index < -0.39 is 0 Å². The first-order valence-corrected chi connectivity index (χ1v) is 7.80. The molecule has 1 aliphatic carbocycles. The van der Waals surface area contributed by atoms with Crippen LogP contribution in [0, 0.1) is 6.92 Å². The molecule has 1 aromatic heterocycles. The molecule has 0 fully saturated rings. The molecule has 0 radical (unpaired) electrons. The quantitative estimate of drug-likeness (QED) is 0.939. The lowest BCUT2D eigenvalue weighted by molar-refractivity contribution is 0.421. The molecule has 1 N–H and O–H groups in total. The van der Waals surface area contributed by atoms with Crippen molar-refractivity contribution in [1.82, 2.24) is 15.5 Å². The van der Waals surface area contributed by atoms with E-state index in [1.54, 1.807) is 11.8 Å². The van der Waals surface area contributed by atoms with Gasteiger partial charge in [-0.25, -0.2) is 0 Å². The maximum atomic E-state index is 5.52. The van der Waals surface area contributed by atoms with Gasteiger partial charge in [0.2, 0.25) is 5.89 Å². The first-order chi connectivity index (χ1) is 9.69. The third kappa shape index (κ3) is 2.47. The molecule has 0 saturated carbocycles. The van der Waals surface area contributed by atoms with Gasteiger partial charge in [-0.3, -0.25) is 0 Å². The normalized spacial score (nSPS) is 25.4. The fraction of sp³-hybridized carbons (Fsp3) is 0.467. The standard InChI is InChI=1S/C15H19N3OS/c1-9-8-13(20-15-18-17-10(2)19-15)14(16-3)12-7-5-4-6-11(9)12/h4-7,9,13-14,16H,8H2,1-3H3. The molecule has 0 spiro atoms. The zero-order valence-corrected chi connectivity index (χ0v) is 12.8. The summed E-state index contributed by atoms with van der Waals surface area (Å²) < 4.78 is 5.52. The van der Waals surface area contributed by atoms with Crippen molar-refractivity contribution < 1.29 is 4.42 Å². The van der Waals surface area contributed by atoms with Gasteiger partial charge in [0, 0.05) is 18.2 Å². The molecule has 106 valence electrons. The Hall–Kier alpha value is -1.33. The molecule has 0 aliphatic heterocycles. The summed E-state index contributed by atoms with van der Waals surface area (Å²) in [6.07, 6.45) is 1.11. The fourth-order valence-corrected chi connectivity index (χ4v) is 4.29. The zero-order chi connectivity index (χ0) is 14.1. The van der Waals surface area contributed by atoms with E-state index in [9.17, 15) is 0 Å². The molecule has 4 nitrogen and oxygen atoms in total. The Morgan fingerprint density at radius 1 is 1.25 bits per heavy atom. The predicted molar refractivity (Wildman–Crippen MR) is 80.0 cm³/mol. The number of hydrogen-bond donors (Lipinski definition) is 1. The minimum atomic E-state index is 0.319. The monoisotopic (exact) mass is 289 g/mol. The first-order valence-electron chi connectivity index (χ1n) is 6.92. The Kier molecular flexibility index (Phi) is 3.81. The number of thioether (sulfide) groups is 1. The zero-order valence-electron chi connectivity index (χ0n) is 12.0. The van der Waals surface area contributed by atoms with Gasteiger partial charge in [0.1, 0.15) is 0 Å². The van der Waals surface area contributed by atoms with Crippen LogP contribution in [0.2, 0.25) is 0 Å². The van der Waals surface area contributed by atoms with Gasteiger partial charge in [0.15, 0.2) is 0 Å². The SMILES string of the molecule is CNC1c2ccccc2C(C)CC1Sc1nnc(C)o1. The van der Waals surface area contributed by atoms with Gasteiger partial charge in [0.05, 0.1) is 0 Å². The van der Waals surface area contributed by atoms with Crippen LogP contribution in [-0.2, 0) is 0 Å². The summed E-state index contributed by atoms with van der Waals surface area (Å²) in [6.45, 7) is 4.11. The van der Waals surface area contributed by atoms with Crippen molar-refractivity contribution in [3.05, 3.63) is 41.3 Å². The van der Waals surface area contributed by atoms with Crippen molar-refractivity contribution in [1.29, 1.82) is 0 Å². The number of nitrogens with one attached hydrogen (secondary N) is 1. The number of aromatic nitrogens is 2. The van der Waals surface area contributed by atoms with Crippen molar-refractivity contribution in [2.75, 3.05) is 7.05 Å². The Labute approximate surface area is 123 Å². The molecule has 20 heavy (non-hydrogen) atoms. The van der Waals surface area contributed by atoms with E-state index >= 15 is 0 Å². The average Bonchev–Trinajstić information content (AvgIpc) is 2.85. The van der Waals surface area contributed by atoms with Crippen LogP contribution in [0.15, 0.2) is 33.9 Å². The number of aryl methyl sites for hydroxylation is 1. The van der Waals surface area contributed by atoms with Crippen LogP contribution >= 0.6 is 11.8 Å². The maximum absolute atomic E-state index is 5.52. The van der Waals surface area contributed by atoms with E-state index in [1.165, 1.54) is 11.1 Å². The average molecular weight is 289 g/mol. The van der Waals surface area contributed by atoms with Gasteiger partial charge < -0.3 is 9.73 Å². The molecule has 3 rings (SSSR count). The van der Waals surface area contributed by atoms with E-state index in [0.29, 0.717) is 28.3 Å². The van der Waals surface area contributed by atoms with Crippen LogP contribution < -0.4 is 5.32 Å². The summed E-state index contributed by atoms with van der Waals surface area (Å²) in [7, 11) is 2.02. The van der Waals surface area contributed by atoms with Crippen molar-refractivity contribution >= 4 is 11.8 Å². The molecule has 5 heteroatoms. The number of nitrogens with zero attached hydrogens (tertiary/aromatic N) is 2. The third-order valence-electron chi connectivity index (χ3n) is 3.89. The Morgan fingerprint density at radius 2 is 2.00 bits per heavy atom. The predicted octanol–water partition coefficient (Wildman–Crippen LogP) is 3.31. The van der Waals surface area contributed by atoms with Gasteiger partial charge in [-0.05, 0) is 30.5 Å². The summed E-state index contributed by atoms with van der Waals surface area (Å²) in [6, 6.07) is 9.01. The molecule has 0 amide bonds. The largest absolute Gasteiger partial charge is 0.416 e. The van der Waals surface area contributed by atoms with Gasteiger partial charge in [-0.15, -0.1) is 10.2 Å². The maximum Gasteiger partial charge on any atom is 0.276 e. The Bertz CT molecular complexity index is 598. The van der Waals surface area contributed by atoms with Gasteiger partial charge in [0.25, 0.3) is 5.22 Å². The third-order valence-corrected chi connectivity index (χ3v) is 5.02. The van der Waals surface area contributed by atoms with E-state index in [4.69, 9.17) is 4.42 Å². The van der Waals surface area contributed by atoms with Crippen LogP contribution in [0.5, 0.6) is 0 Å². The topological polar surface area (TPSA) is 51.0 Å². The number of rotatable bonds is 3. The molecule has 1 aromatic carbocycles. The molecule has 0 saturated heterocycles. The molecule has 1 aliphatic rings. The minimum absolute atomic E-state index is 0.319. The molecule has 3 atom stereocenters. The van der Waals surface area contributed by atoms with Gasteiger partial charge >= 0.3 is 0 Å². The highest BCUT2D eigenvalue weighted by Crippen LogP contribution is 2.44. The second kappa shape index (κ2) is 5.58. The van der Waals surface area contributed by atoms with Crippen LogP contribution in [-0.4, -0.2) is 22.5 Å². The number of fused-ring (bicyclic) bond motifs is 1. The lowest BCUT2D eigenvalue weighted by Gasteiger charge is -2.35. The number of benzene rings is 1. The summed E-state index contributed by atoms with van der Waals surface area (Å²) >= 11 is 1.68. The van der Waals surface area contributed by atoms with Crippen molar-refractivity contribution in [2.24, 2.45) is 0 Å². The lowest BCUT2D eigenvalue weighted by atomic mass is 9.81. The van der Waals surface area contributed by atoms with Crippen molar-refractivity contribution in [3.8, 4) is 0 Å². The highest BCUT2D eigenvalue weighted by Gasteiger charge is 2.33. The van der Waals surface area contributed by atoms with E-state index in [1.807, 2.05) is 14.0 Å². The molecule has 2 aromatic rings. The smallest absolute Gasteiger partial charge is 0.276 e. The second-order valence-electron chi connectivity index (χ2n) is 5.28. The van der Waals surface area contributed by atoms with Crippen molar-refractivity contribution in [3.63, 3.8) is 0 Å². The summed E-state index contributed by atoms with van der Waals surface area (Å²) in [5.74, 6) is 1.18. The minimum Gasteiger partial charge on any atom is -0.416 e. The van der Waals surface area contributed by atoms with Crippen LogP contribution in [0.25, 0.3) is 0 Å².